The third-order valence-corrected chi connectivity index (χ3v) is 3.38. The van der Waals surface area contributed by atoms with E-state index < -0.39 is 0 Å². The summed E-state index contributed by atoms with van der Waals surface area (Å²) in [5.74, 6) is 0.0947. The van der Waals surface area contributed by atoms with Gasteiger partial charge in [0.2, 0.25) is 0 Å². The SMILES string of the molecule is CC1(C)CN(C(=O)[C@@H]2CC[C@H](CN)O2)CCO1.Cl. The van der Waals surface area contributed by atoms with Crippen LogP contribution in [0.4, 0.5) is 0 Å². The van der Waals surface area contributed by atoms with Crippen LogP contribution < -0.4 is 5.73 Å². The van der Waals surface area contributed by atoms with E-state index in [2.05, 4.69) is 0 Å². The second kappa shape index (κ2) is 6.19. The first-order valence-electron chi connectivity index (χ1n) is 6.30. The Hall–Kier alpha value is -0.360. The molecule has 2 fully saturated rings. The molecule has 2 N–H and O–H groups in total. The molecule has 1 amide bonds. The van der Waals surface area contributed by atoms with Gasteiger partial charge in [-0.1, -0.05) is 0 Å². The number of rotatable bonds is 2. The molecule has 0 aromatic rings. The van der Waals surface area contributed by atoms with Crippen LogP contribution in [0.2, 0.25) is 0 Å². The first-order chi connectivity index (χ1) is 8.02. The number of nitrogens with two attached hydrogens (primary N) is 1. The Bertz CT molecular complexity index is 299. The minimum Gasteiger partial charge on any atom is -0.372 e. The van der Waals surface area contributed by atoms with Gasteiger partial charge in [-0.2, -0.15) is 0 Å². The summed E-state index contributed by atoms with van der Waals surface area (Å²) in [6, 6.07) is 0. The monoisotopic (exact) mass is 278 g/mol. The zero-order valence-corrected chi connectivity index (χ0v) is 11.9. The molecular weight excluding hydrogens is 256 g/mol. The predicted octanol–water partition coefficient (Wildman–Crippen LogP) is 0.552. The Labute approximate surface area is 114 Å². The van der Waals surface area contributed by atoms with E-state index in [1.165, 1.54) is 0 Å². The van der Waals surface area contributed by atoms with Crippen molar-refractivity contribution >= 4 is 18.3 Å². The van der Waals surface area contributed by atoms with E-state index in [0.29, 0.717) is 26.2 Å². The lowest BCUT2D eigenvalue weighted by Crippen LogP contribution is -2.53. The van der Waals surface area contributed by atoms with Gasteiger partial charge in [0.05, 0.1) is 18.3 Å². The molecule has 2 heterocycles. The Morgan fingerprint density at radius 3 is 2.72 bits per heavy atom. The molecular formula is C12H23ClN2O3. The van der Waals surface area contributed by atoms with E-state index in [-0.39, 0.29) is 36.1 Å². The summed E-state index contributed by atoms with van der Waals surface area (Å²) in [7, 11) is 0. The molecule has 5 nitrogen and oxygen atoms in total. The predicted molar refractivity (Wildman–Crippen MR) is 70.8 cm³/mol. The van der Waals surface area contributed by atoms with Gasteiger partial charge in [-0.15, -0.1) is 12.4 Å². The maximum absolute atomic E-state index is 12.3. The van der Waals surface area contributed by atoms with Crippen LogP contribution in [0.25, 0.3) is 0 Å². The molecule has 2 aliphatic rings. The Morgan fingerprint density at radius 1 is 1.44 bits per heavy atom. The smallest absolute Gasteiger partial charge is 0.251 e. The molecule has 2 rings (SSSR count). The van der Waals surface area contributed by atoms with Gasteiger partial charge in [0.1, 0.15) is 6.10 Å². The highest BCUT2D eigenvalue weighted by Crippen LogP contribution is 2.23. The van der Waals surface area contributed by atoms with Crippen LogP contribution in [0.15, 0.2) is 0 Å². The number of morpholine rings is 1. The van der Waals surface area contributed by atoms with E-state index in [1.54, 1.807) is 0 Å². The Kier molecular flexibility index (Phi) is 5.40. The number of nitrogens with zero attached hydrogens (tertiary/aromatic N) is 1. The van der Waals surface area contributed by atoms with Crippen molar-refractivity contribution in [2.75, 3.05) is 26.2 Å². The van der Waals surface area contributed by atoms with Crippen molar-refractivity contribution in [3.63, 3.8) is 0 Å². The third kappa shape index (κ3) is 3.57. The fourth-order valence-corrected chi connectivity index (χ4v) is 2.47. The minimum atomic E-state index is -0.294. The normalized spacial score (nSPS) is 30.9. The molecule has 0 bridgehead atoms. The molecule has 18 heavy (non-hydrogen) atoms. The van der Waals surface area contributed by atoms with Crippen molar-refractivity contribution in [1.29, 1.82) is 0 Å². The topological polar surface area (TPSA) is 64.8 Å². The molecule has 0 saturated carbocycles. The highest BCUT2D eigenvalue weighted by atomic mass is 35.5. The summed E-state index contributed by atoms with van der Waals surface area (Å²) in [6.07, 6.45) is 1.44. The van der Waals surface area contributed by atoms with Gasteiger partial charge in [-0.25, -0.2) is 0 Å². The van der Waals surface area contributed by atoms with Crippen LogP contribution in [0.5, 0.6) is 0 Å². The van der Waals surface area contributed by atoms with Gasteiger partial charge in [0.25, 0.3) is 5.91 Å². The summed E-state index contributed by atoms with van der Waals surface area (Å²) >= 11 is 0. The summed E-state index contributed by atoms with van der Waals surface area (Å²) in [5, 5.41) is 0. The number of carbonyl (C=O) groups excluding carboxylic acids is 1. The second-order valence-electron chi connectivity index (χ2n) is 5.43. The molecule has 2 saturated heterocycles. The second-order valence-corrected chi connectivity index (χ2v) is 5.43. The zero-order valence-electron chi connectivity index (χ0n) is 11.1. The Balaban J connectivity index is 0.00000162. The molecule has 0 radical (unpaired) electrons. The lowest BCUT2D eigenvalue weighted by molar-refractivity contribution is -0.156. The molecule has 0 spiro atoms. The molecule has 6 heteroatoms. The minimum absolute atomic E-state index is 0. The van der Waals surface area contributed by atoms with Crippen LogP contribution in [-0.2, 0) is 14.3 Å². The van der Waals surface area contributed by atoms with Crippen LogP contribution in [0.1, 0.15) is 26.7 Å². The van der Waals surface area contributed by atoms with Gasteiger partial charge in [0, 0.05) is 19.6 Å². The summed E-state index contributed by atoms with van der Waals surface area (Å²) in [4.78, 5) is 14.1. The summed E-state index contributed by atoms with van der Waals surface area (Å²) in [5.41, 5.74) is 5.30. The van der Waals surface area contributed by atoms with Crippen LogP contribution >= 0.6 is 12.4 Å². The summed E-state index contributed by atoms with van der Waals surface area (Å²) in [6.45, 7) is 6.41. The van der Waals surface area contributed by atoms with Gasteiger partial charge in [-0.3, -0.25) is 4.79 Å². The van der Waals surface area contributed by atoms with Gasteiger partial charge >= 0.3 is 0 Å². The van der Waals surface area contributed by atoms with Crippen molar-refractivity contribution in [2.24, 2.45) is 5.73 Å². The highest BCUT2D eigenvalue weighted by molar-refractivity contribution is 5.85. The lowest BCUT2D eigenvalue weighted by Gasteiger charge is -2.39. The maximum Gasteiger partial charge on any atom is 0.251 e. The van der Waals surface area contributed by atoms with Gasteiger partial charge < -0.3 is 20.1 Å². The number of carbonyl (C=O) groups is 1. The number of halogens is 1. The quantitative estimate of drug-likeness (QED) is 0.801. The van der Waals surface area contributed by atoms with E-state index in [1.807, 2.05) is 18.7 Å². The van der Waals surface area contributed by atoms with Crippen LogP contribution in [0, 0.1) is 0 Å². The molecule has 0 unspecified atom stereocenters. The molecule has 0 aromatic heterocycles. The van der Waals surface area contributed by atoms with E-state index in [4.69, 9.17) is 15.2 Å². The van der Waals surface area contributed by atoms with Gasteiger partial charge in [0.15, 0.2) is 0 Å². The average molecular weight is 279 g/mol. The van der Waals surface area contributed by atoms with Crippen molar-refractivity contribution in [3.8, 4) is 0 Å². The highest BCUT2D eigenvalue weighted by Gasteiger charge is 2.36. The largest absolute Gasteiger partial charge is 0.372 e. The fourth-order valence-electron chi connectivity index (χ4n) is 2.47. The maximum atomic E-state index is 12.3. The Morgan fingerprint density at radius 2 is 2.17 bits per heavy atom. The first kappa shape index (κ1) is 15.7. The number of ether oxygens (including phenoxy) is 2. The third-order valence-electron chi connectivity index (χ3n) is 3.38. The van der Waals surface area contributed by atoms with E-state index in [9.17, 15) is 4.79 Å². The first-order valence-corrected chi connectivity index (χ1v) is 6.30. The fraction of sp³-hybridized carbons (Fsp3) is 0.917. The molecule has 2 aliphatic heterocycles. The molecule has 106 valence electrons. The number of amides is 1. The summed E-state index contributed by atoms with van der Waals surface area (Å²) < 4.78 is 11.2. The van der Waals surface area contributed by atoms with Gasteiger partial charge in [-0.05, 0) is 26.7 Å². The van der Waals surface area contributed by atoms with Crippen molar-refractivity contribution in [3.05, 3.63) is 0 Å². The lowest BCUT2D eigenvalue weighted by atomic mass is 10.1. The van der Waals surface area contributed by atoms with Crippen molar-refractivity contribution in [1.82, 2.24) is 4.90 Å². The van der Waals surface area contributed by atoms with Crippen LogP contribution in [-0.4, -0.2) is 54.9 Å². The molecule has 2 atom stereocenters. The average Bonchev–Trinajstić information content (AvgIpc) is 2.75. The standard InChI is InChI=1S/C12H22N2O3.ClH/c1-12(2)8-14(5-6-16-12)11(15)10-4-3-9(7-13)17-10;/h9-10H,3-8,13H2,1-2H3;1H/t9-,10+;/m1./s1. The zero-order chi connectivity index (χ0) is 12.5. The number of hydrogen-bond acceptors (Lipinski definition) is 4. The van der Waals surface area contributed by atoms with Crippen LogP contribution in [0.3, 0.4) is 0 Å². The molecule has 0 aromatic carbocycles. The number of hydrogen-bond donors (Lipinski definition) is 1. The molecule has 0 aliphatic carbocycles. The van der Waals surface area contributed by atoms with Crippen molar-refractivity contribution < 1.29 is 14.3 Å². The van der Waals surface area contributed by atoms with E-state index in [0.717, 1.165) is 12.8 Å². The van der Waals surface area contributed by atoms with E-state index >= 15 is 0 Å². The van der Waals surface area contributed by atoms with Crippen molar-refractivity contribution in [2.45, 2.75) is 44.5 Å².